The van der Waals surface area contributed by atoms with Crippen molar-refractivity contribution in [2.45, 2.75) is 83.8 Å². The fraction of sp³-hybridized carbons (Fsp3) is 0.474. The standard InChI is InChI=1S/C20H29N5O.C18H18FN5O/c1-15(2)26-18-10-8-17(9-11-18)19-20-21-22-23-25(20)13-12-24(19)14-16-6-4-3-5-7-16;1-25-15-8-6-13(7-9-15)17-18-20-21-22-24(18)11-10-23(17)12-14-4-2-3-5-16(14)19/h8-11,15-16,19H,3-7,12-14H2,1-2H3;2-9,17H,10-12H2,1H3. The van der Waals surface area contributed by atoms with Gasteiger partial charge in [0.15, 0.2) is 11.6 Å². The lowest BCUT2D eigenvalue weighted by atomic mass is 9.88. The first-order chi connectivity index (χ1) is 25.0. The second-order valence-electron chi connectivity index (χ2n) is 13.9. The number of ether oxygens (including phenoxy) is 2. The molecule has 3 aliphatic rings. The summed E-state index contributed by atoms with van der Waals surface area (Å²) >= 11 is 0. The van der Waals surface area contributed by atoms with Crippen molar-refractivity contribution in [1.82, 2.24) is 50.2 Å². The van der Waals surface area contributed by atoms with Crippen LogP contribution in [0, 0.1) is 11.7 Å². The van der Waals surface area contributed by atoms with Crippen molar-refractivity contribution in [2.75, 3.05) is 26.7 Å². The molecule has 3 aromatic carbocycles. The van der Waals surface area contributed by atoms with Gasteiger partial charge in [0, 0.05) is 31.7 Å². The van der Waals surface area contributed by atoms with E-state index in [0.29, 0.717) is 18.7 Å². The molecule has 2 aromatic heterocycles. The predicted octanol–water partition coefficient (Wildman–Crippen LogP) is 5.87. The highest BCUT2D eigenvalue weighted by molar-refractivity contribution is 5.34. The highest BCUT2D eigenvalue weighted by atomic mass is 19.1. The van der Waals surface area contributed by atoms with Gasteiger partial charge in [-0.25, -0.2) is 13.8 Å². The third kappa shape index (κ3) is 8.10. The molecule has 0 N–H and O–H groups in total. The third-order valence-corrected chi connectivity index (χ3v) is 10.1. The monoisotopic (exact) mass is 694 g/mol. The highest BCUT2D eigenvalue weighted by Crippen LogP contribution is 2.35. The molecule has 8 rings (SSSR count). The average Bonchev–Trinajstić information content (AvgIpc) is 3.84. The molecule has 5 aromatic rings. The molecule has 1 aliphatic carbocycles. The lowest BCUT2D eigenvalue weighted by molar-refractivity contribution is 0.132. The van der Waals surface area contributed by atoms with Crippen molar-refractivity contribution in [1.29, 1.82) is 0 Å². The summed E-state index contributed by atoms with van der Waals surface area (Å²) in [4.78, 5) is 4.78. The largest absolute Gasteiger partial charge is 0.497 e. The minimum absolute atomic E-state index is 0.130. The van der Waals surface area contributed by atoms with Gasteiger partial charge in [-0.15, -0.1) is 10.2 Å². The molecule has 12 nitrogen and oxygen atoms in total. The number of fused-ring (bicyclic) bond motifs is 2. The molecule has 0 amide bonds. The van der Waals surface area contributed by atoms with Crippen molar-refractivity contribution >= 4 is 0 Å². The van der Waals surface area contributed by atoms with Crippen molar-refractivity contribution in [2.24, 2.45) is 5.92 Å². The Morgan fingerprint density at radius 1 is 0.706 bits per heavy atom. The molecule has 0 bridgehead atoms. The summed E-state index contributed by atoms with van der Waals surface area (Å²) in [6, 6.07) is 23.2. The van der Waals surface area contributed by atoms with Crippen molar-refractivity contribution in [3.05, 3.63) is 107 Å². The molecule has 13 heteroatoms. The lowest BCUT2D eigenvalue weighted by Gasteiger charge is -2.38. The summed E-state index contributed by atoms with van der Waals surface area (Å²) in [5, 5.41) is 24.5. The van der Waals surface area contributed by atoms with Crippen molar-refractivity contribution < 1.29 is 13.9 Å². The van der Waals surface area contributed by atoms with Crippen LogP contribution < -0.4 is 9.47 Å². The van der Waals surface area contributed by atoms with Gasteiger partial charge in [0.2, 0.25) is 0 Å². The molecule has 1 fully saturated rings. The molecule has 0 radical (unpaired) electrons. The quantitative estimate of drug-likeness (QED) is 0.186. The van der Waals surface area contributed by atoms with Gasteiger partial charge in [-0.05, 0) is 94.9 Å². The Balaban J connectivity index is 0.000000159. The van der Waals surface area contributed by atoms with Gasteiger partial charge >= 0.3 is 0 Å². The number of aromatic nitrogens is 8. The van der Waals surface area contributed by atoms with Gasteiger partial charge in [0.25, 0.3) is 0 Å². The van der Waals surface area contributed by atoms with E-state index < -0.39 is 0 Å². The number of hydrogen-bond donors (Lipinski definition) is 0. The van der Waals surface area contributed by atoms with E-state index in [1.807, 2.05) is 45.8 Å². The van der Waals surface area contributed by atoms with Gasteiger partial charge in [-0.2, -0.15) is 0 Å². The lowest BCUT2D eigenvalue weighted by Crippen LogP contribution is -2.42. The third-order valence-electron chi connectivity index (χ3n) is 10.1. The van der Waals surface area contributed by atoms with Crippen LogP contribution in [0.1, 0.15) is 86.4 Å². The number of benzene rings is 3. The zero-order valence-corrected chi connectivity index (χ0v) is 29.7. The van der Waals surface area contributed by atoms with Crippen LogP contribution in [-0.2, 0) is 19.6 Å². The molecule has 2 atom stereocenters. The van der Waals surface area contributed by atoms with E-state index in [-0.39, 0.29) is 24.0 Å². The molecule has 2 aliphatic heterocycles. The Hall–Kier alpha value is -4.75. The molecule has 268 valence electrons. The second kappa shape index (κ2) is 16.1. The van der Waals surface area contributed by atoms with E-state index >= 15 is 0 Å². The summed E-state index contributed by atoms with van der Waals surface area (Å²) in [7, 11) is 1.64. The number of hydrogen-bond acceptors (Lipinski definition) is 10. The van der Waals surface area contributed by atoms with Gasteiger partial charge in [0.05, 0.1) is 38.4 Å². The molecule has 1 saturated carbocycles. The van der Waals surface area contributed by atoms with E-state index in [2.05, 4.69) is 79.0 Å². The van der Waals surface area contributed by atoms with Gasteiger partial charge in [-0.1, -0.05) is 61.7 Å². The van der Waals surface area contributed by atoms with Gasteiger partial charge in [-0.3, -0.25) is 9.80 Å². The van der Waals surface area contributed by atoms with E-state index in [1.165, 1.54) is 43.7 Å². The molecule has 2 unspecified atom stereocenters. The van der Waals surface area contributed by atoms with Crippen LogP contribution >= 0.6 is 0 Å². The van der Waals surface area contributed by atoms with Gasteiger partial charge in [0.1, 0.15) is 17.3 Å². The second-order valence-corrected chi connectivity index (χ2v) is 13.9. The summed E-state index contributed by atoms with van der Waals surface area (Å²) in [5.41, 5.74) is 2.96. The average molecular weight is 695 g/mol. The summed E-state index contributed by atoms with van der Waals surface area (Å²) in [6.07, 6.45) is 7.05. The first-order valence-electron chi connectivity index (χ1n) is 18.1. The molecular weight excluding hydrogens is 647 g/mol. The van der Waals surface area contributed by atoms with E-state index in [9.17, 15) is 4.39 Å². The van der Waals surface area contributed by atoms with Crippen LogP contribution in [0.25, 0.3) is 0 Å². The van der Waals surface area contributed by atoms with Crippen LogP contribution in [0.5, 0.6) is 11.5 Å². The van der Waals surface area contributed by atoms with Crippen molar-refractivity contribution in [3.8, 4) is 11.5 Å². The summed E-state index contributed by atoms with van der Waals surface area (Å²) in [6.45, 7) is 9.04. The molecular formula is C38H47FN10O2. The zero-order chi connectivity index (χ0) is 35.2. The van der Waals surface area contributed by atoms with Crippen molar-refractivity contribution in [3.63, 3.8) is 0 Å². The maximum atomic E-state index is 14.1. The van der Waals surface area contributed by atoms with Crippen LogP contribution in [0.15, 0.2) is 72.8 Å². The number of tetrazole rings is 2. The summed E-state index contributed by atoms with van der Waals surface area (Å²) < 4.78 is 28.9. The summed E-state index contributed by atoms with van der Waals surface area (Å²) in [5.74, 6) is 4.05. The normalized spacial score (nSPS) is 19.5. The van der Waals surface area contributed by atoms with Crippen LogP contribution in [0.4, 0.5) is 4.39 Å². The Morgan fingerprint density at radius 3 is 1.86 bits per heavy atom. The maximum Gasteiger partial charge on any atom is 0.173 e. The maximum absolute atomic E-state index is 14.1. The first kappa shape index (κ1) is 34.7. The van der Waals surface area contributed by atoms with Crippen LogP contribution in [0.2, 0.25) is 0 Å². The SMILES string of the molecule is CC(C)Oc1ccc(C2c3nnnn3CCN2CC2CCCCC2)cc1.COc1ccc(C2c3nnnn3CCN2Cc2ccccc2F)cc1. The Labute approximate surface area is 298 Å². The van der Waals surface area contributed by atoms with E-state index in [0.717, 1.165) is 60.8 Å². The number of halogens is 1. The number of nitrogens with zero attached hydrogens (tertiary/aromatic N) is 10. The Kier molecular flexibility index (Phi) is 10.9. The predicted molar refractivity (Wildman–Crippen MR) is 189 cm³/mol. The van der Waals surface area contributed by atoms with E-state index in [1.54, 1.807) is 13.2 Å². The molecule has 0 saturated heterocycles. The fourth-order valence-electron chi connectivity index (χ4n) is 7.59. The number of methoxy groups -OCH3 is 1. The molecule has 0 spiro atoms. The highest BCUT2D eigenvalue weighted by Gasteiger charge is 2.34. The molecule has 51 heavy (non-hydrogen) atoms. The Bertz CT molecular complexity index is 1840. The Morgan fingerprint density at radius 2 is 1.27 bits per heavy atom. The van der Waals surface area contributed by atoms with Crippen LogP contribution in [0.3, 0.4) is 0 Å². The van der Waals surface area contributed by atoms with Crippen LogP contribution in [-0.4, -0.2) is 83.1 Å². The smallest absolute Gasteiger partial charge is 0.173 e. The minimum Gasteiger partial charge on any atom is -0.497 e. The zero-order valence-electron chi connectivity index (χ0n) is 29.7. The number of rotatable bonds is 9. The minimum atomic E-state index is -0.193. The topological polar surface area (TPSA) is 112 Å². The first-order valence-corrected chi connectivity index (χ1v) is 18.1. The molecule has 4 heterocycles. The van der Waals surface area contributed by atoms with E-state index in [4.69, 9.17) is 9.47 Å². The van der Waals surface area contributed by atoms with Gasteiger partial charge < -0.3 is 9.47 Å². The fourth-order valence-corrected chi connectivity index (χ4v) is 7.59.